The Balaban J connectivity index is 2.54. The first-order chi connectivity index (χ1) is 7.08. The standard InChI is InChI=1S/C8H7Br2N5/c1-4-5(9)2-3-6(12-4)15-7(10)13-8(11)14-15/h2-3H,1H3,(H2,11,14). The number of halogens is 2. The number of rotatable bonds is 1. The molecule has 2 aromatic rings. The van der Waals surface area contributed by atoms with Crippen LogP contribution in [-0.2, 0) is 0 Å². The molecule has 0 saturated carbocycles. The SMILES string of the molecule is Cc1nc(-n2nc(N)nc2Br)ccc1Br. The largest absolute Gasteiger partial charge is 0.366 e. The van der Waals surface area contributed by atoms with Gasteiger partial charge in [0, 0.05) is 4.47 Å². The highest BCUT2D eigenvalue weighted by Gasteiger charge is 2.08. The highest BCUT2D eigenvalue weighted by Crippen LogP contribution is 2.18. The minimum Gasteiger partial charge on any atom is -0.366 e. The maximum atomic E-state index is 5.47. The lowest BCUT2D eigenvalue weighted by Crippen LogP contribution is -2.01. The third-order valence-electron chi connectivity index (χ3n) is 1.81. The Kier molecular flexibility index (Phi) is 2.74. The van der Waals surface area contributed by atoms with E-state index in [-0.39, 0.29) is 5.95 Å². The van der Waals surface area contributed by atoms with E-state index in [1.807, 2.05) is 19.1 Å². The highest BCUT2D eigenvalue weighted by molar-refractivity contribution is 9.10. The van der Waals surface area contributed by atoms with Gasteiger partial charge in [-0.2, -0.15) is 9.67 Å². The summed E-state index contributed by atoms with van der Waals surface area (Å²) in [7, 11) is 0. The van der Waals surface area contributed by atoms with Crippen molar-refractivity contribution in [3.05, 3.63) is 27.0 Å². The van der Waals surface area contributed by atoms with Crippen molar-refractivity contribution >= 4 is 37.8 Å². The molecule has 0 radical (unpaired) electrons. The number of nitrogens with zero attached hydrogens (tertiary/aromatic N) is 4. The van der Waals surface area contributed by atoms with E-state index in [4.69, 9.17) is 5.73 Å². The van der Waals surface area contributed by atoms with E-state index in [1.165, 1.54) is 4.68 Å². The maximum absolute atomic E-state index is 5.47. The van der Waals surface area contributed by atoms with E-state index in [0.29, 0.717) is 10.6 Å². The van der Waals surface area contributed by atoms with E-state index >= 15 is 0 Å². The number of hydrogen-bond donors (Lipinski definition) is 1. The van der Waals surface area contributed by atoms with Crippen molar-refractivity contribution in [3.63, 3.8) is 0 Å². The molecular weight excluding hydrogens is 326 g/mol. The molecule has 2 heterocycles. The van der Waals surface area contributed by atoms with Crippen molar-refractivity contribution in [2.45, 2.75) is 6.92 Å². The fourth-order valence-corrected chi connectivity index (χ4v) is 1.77. The second-order valence-corrected chi connectivity index (χ2v) is 4.45. The van der Waals surface area contributed by atoms with Crippen LogP contribution in [-0.4, -0.2) is 19.7 Å². The van der Waals surface area contributed by atoms with Gasteiger partial charge in [0.2, 0.25) is 10.7 Å². The average Bonchev–Trinajstić information content (AvgIpc) is 2.50. The highest BCUT2D eigenvalue weighted by atomic mass is 79.9. The zero-order valence-electron chi connectivity index (χ0n) is 7.78. The van der Waals surface area contributed by atoms with Gasteiger partial charge in [0.05, 0.1) is 5.69 Å². The number of aryl methyl sites for hydroxylation is 1. The van der Waals surface area contributed by atoms with Crippen LogP contribution >= 0.6 is 31.9 Å². The molecule has 0 aromatic carbocycles. The molecule has 0 saturated heterocycles. The normalized spacial score (nSPS) is 10.6. The summed E-state index contributed by atoms with van der Waals surface area (Å²) < 4.78 is 3.03. The van der Waals surface area contributed by atoms with Crippen LogP contribution in [0.3, 0.4) is 0 Å². The molecule has 0 fully saturated rings. The predicted octanol–water partition coefficient (Wildman–Crippen LogP) is 2.08. The van der Waals surface area contributed by atoms with Crippen LogP contribution in [0.1, 0.15) is 5.69 Å². The van der Waals surface area contributed by atoms with Crippen LogP contribution in [0.15, 0.2) is 21.3 Å². The zero-order valence-corrected chi connectivity index (χ0v) is 10.9. The lowest BCUT2D eigenvalue weighted by Gasteiger charge is -2.03. The van der Waals surface area contributed by atoms with Gasteiger partial charge in [0.15, 0.2) is 5.82 Å². The zero-order chi connectivity index (χ0) is 11.0. The molecular formula is C8H7Br2N5. The molecule has 2 rings (SSSR count). The van der Waals surface area contributed by atoms with Gasteiger partial charge in [0.1, 0.15) is 0 Å². The van der Waals surface area contributed by atoms with E-state index in [9.17, 15) is 0 Å². The third kappa shape index (κ3) is 2.03. The summed E-state index contributed by atoms with van der Waals surface area (Å²) in [5, 5.41) is 4.01. The van der Waals surface area contributed by atoms with Gasteiger partial charge in [-0.15, -0.1) is 5.10 Å². The summed E-state index contributed by atoms with van der Waals surface area (Å²) >= 11 is 6.64. The predicted molar refractivity (Wildman–Crippen MR) is 63.7 cm³/mol. The van der Waals surface area contributed by atoms with Gasteiger partial charge in [-0.05, 0) is 50.9 Å². The molecule has 78 valence electrons. The minimum absolute atomic E-state index is 0.212. The first-order valence-corrected chi connectivity index (χ1v) is 5.68. The molecule has 0 atom stereocenters. The van der Waals surface area contributed by atoms with Crippen molar-refractivity contribution < 1.29 is 0 Å². The quantitative estimate of drug-likeness (QED) is 0.868. The third-order valence-corrected chi connectivity index (χ3v) is 3.16. The van der Waals surface area contributed by atoms with E-state index in [0.717, 1.165) is 10.2 Å². The van der Waals surface area contributed by atoms with E-state index < -0.39 is 0 Å². The topological polar surface area (TPSA) is 69.6 Å². The van der Waals surface area contributed by atoms with Gasteiger partial charge in [-0.25, -0.2) is 4.98 Å². The average molecular weight is 333 g/mol. The van der Waals surface area contributed by atoms with Crippen LogP contribution in [0, 0.1) is 6.92 Å². The Morgan fingerprint density at radius 1 is 1.27 bits per heavy atom. The van der Waals surface area contributed by atoms with Crippen molar-refractivity contribution in [1.82, 2.24) is 19.7 Å². The number of aromatic nitrogens is 4. The fraction of sp³-hybridized carbons (Fsp3) is 0.125. The Hall–Kier alpha value is -0.950. The first-order valence-electron chi connectivity index (χ1n) is 4.09. The molecule has 0 aliphatic heterocycles. The Bertz CT molecular complexity index is 508. The van der Waals surface area contributed by atoms with Crippen LogP contribution in [0.5, 0.6) is 0 Å². The van der Waals surface area contributed by atoms with Crippen LogP contribution in [0.4, 0.5) is 5.95 Å². The number of nitrogen functional groups attached to an aromatic ring is 1. The monoisotopic (exact) mass is 331 g/mol. The van der Waals surface area contributed by atoms with Crippen LogP contribution < -0.4 is 5.73 Å². The lowest BCUT2D eigenvalue weighted by atomic mass is 10.4. The summed E-state index contributed by atoms with van der Waals surface area (Å²) in [6, 6.07) is 3.73. The number of hydrogen-bond acceptors (Lipinski definition) is 4. The lowest BCUT2D eigenvalue weighted by molar-refractivity contribution is 0.821. The smallest absolute Gasteiger partial charge is 0.240 e. The molecule has 0 aliphatic carbocycles. The van der Waals surface area contributed by atoms with Crippen molar-refractivity contribution in [3.8, 4) is 5.82 Å². The first kappa shape index (κ1) is 10.6. The van der Waals surface area contributed by atoms with Gasteiger partial charge >= 0.3 is 0 Å². The molecule has 2 N–H and O–H groups in total. The van der Waals surface area contributed by atoms with Crippen LogP contribution in [0.25, 0.3) is 5.82 Å². The molecule has 0 spiro atoms. The maximum Gasteiger partial charge on any atom is 0.240 e. The van der Waals surface area contributed by atoms with E-state index in [1.54, 1.807) is 0 Å². The second kappa shape index (κ2) is 3.90. The van der Waals surface area contributed by atoms with Crippen LogP contribution in [0.2, 0.25) is 0 Å². The molecule has 0 unspecified atom stereocenters. The minimum atomic E-state index is 0.212. The van der Waals surface area contributed by atoms with Crippen molar-refractivity contribution in [2.24, 2.45) is 0 Å². The molecule has 2 aromatic heterocycles. The van der Waals surface area contributed by atoms with Crippen molar-refractivity contribution in [2.75, 3.05) is 5.73 Å². The summed E-state index contributed by atoms with van der Waals surface area (Å²) in [6.07, 6.45) is 0. The summed E-state index contributed by atoms with van der Waals surface area (Å²) in [4.78, 5) is 8.28. The molecule has 0 amide bonds. The Labute approximate surface area is 103 Å². The number of pyridine rings is 1. The molecule has 7 heteroatoms. The Morgan fingerprint density at radius 3 is 2.53 bits per heavy atom. The van der Waals surface area contributed by atoms with Gasteiger partial charge in [-0.1, -0.05) is 0 Å². The molecule has 0 aliphatic rings. The summed E-state index contributed by atoms with van der Waals surface area (Å²) in [5.74, 6) is 0.885. The number of anilines is 1. The van der Waals surface area contributed by atoms with Gasteiger partial charge in [0.25, 0.3) is 0 Å². The second-order valence-electron chi connectivity index (χ2n) is 2.89. The van der Waals surface area contributed by atoms with Crippen molar-refractivity contribution in [1.29, 1.82) is 0 Å². The summed E-state index contributed by atoms with van der Waals surface area (Å²) in [5.41, 5.74) is 6.36. The molecule has 0 bridgehead atoms. The molecule has 5 nitrogen and oxygen atoms in total. The summed E-state index contributed by atoms with van der Waals surface area (Å²) in [6.45, 7) is 1.90. The van der Waals surface area contributed by atoms with Gasteiger partial charge in [-0.3, -0.25) is 0 Å². The number of nitrogens with two attached hydrogens (primary N) is 1. The Morgan fingerprint density at radius 2 is 2.00 bits per heavy atom. The fourth-order valence-electron chi connectivity index (χ4n) is 1.10. The van der Waals surface area contributed by atoms with E-state index in [2.05, 4.69) is 46.9 Å². The van der Waals surface area contributed by atoms with Gasteiger partial charge < -0.3 is 5.73 Å². The molecule has 15 heavy (non-hydrogen) atoms.